The van der Waals surface area contributed by atoms with Crippen LogP contribution in [-0.4, -0.2) is 4.92 Å². The summed E-state index contributed by atoms with van der Waals surface area (Å²) in [4.78, 5) is 10.0. The van der Waals surface area contributed by atoms with Crippen molar-refractivity contribution in [3.05, 3.63) is 57.1 Å². The van der Waals surface area contributed by atoms with E-state index in [1.807, 2.05) is 0 Å². The lowest BCUT2D eigenvalue weighted by atomic mass is 10.2. The van der Waals surface area contributed by atoms with Crippen LogP contribution in [-0.2, 0) is 0 Å². The first-order valence-electron chi connectivity index (χ1n) is 5.34. The summed E-state index contributed by atoms with van der Waals surface area (Å²) in [6, 6.07) is 5.84. The van der Waals surface area contributed by atoms with Crippen LogP contribution in [0.2, 0.25) is 5.02 Å². The number of nitrogens with two attached hydrogens (primary N) is 1. The highest BCUT2D eigenvalue weighted by Gasteiger charge is 2.22. The number of hydrogen-bond donors (Lipinski definition) is 2. The first-order valence-corrected chi connectivity index (χ1v) is 5.72. The van der Waals surface area contributed by atoms with E-state index >= 15 is 0 Å². The molecule has 5 nitrogen and oxygen atoms in total. The fraction of sp³-hybridized carbons (Fsp3) is 0. The summed E-state index contributed by atoms with van der Waals surface area (Å²) in [6.07, 6.45) is 0. The summed E-state index contributed by atoms with van der Waals surface area (Å²) < 4.78 is 26.9. The Hall–Kier alpha value is -2.41. The minimum Gasteiger partial charge on any atom is -0.399 e. The van der Waals surface area contributed by atoms with Crippen molar-refractivity contribution < 1.29 is 13.7 Å². The highest BCUT2D eigenvalue weighted by Crippen LogP contribution is 2.34. The lowest BCUT2D eigenvalue weighted by molar-refractivity contribution is -0.384. The van der Waals surface area contributed by atoms with E-state index in [1.165, 1.54) is 18.2 Å². The second-order valence-corrected chi connectivity index (χ2v) is 4.28. The molecule has 0 aliphatic carbocycles. The number of halogens is 3. The molecule has 0 radical (unpaired) electrons. The Morgan fingerprint density at radius 3 is 2.60 bits per heavy atom. The third-order valence-electron chi connectivity index (χ3n) is 2.52. The normalized spacial score (nSPS) is 10.3. The third kappa shape index (κ3) is 2.62. The monoisotopic (exact) mass is 299 g/mol. The Kier molecular flexibility index (Phi) is 3.71. The minimum absolute atomic E-state index is 0.138. The number of benzene rings is 2. The van der Waals surface area contributed by atoms with Gasteiger partial charge in [0, 0.05) is 11.8 Å². The average Bonchev–Trinajstić information content (AvgIpc) is 2.39. The van der Waals surface area contributed by atoms with Gasteiger partial charge >= 0.3 is 0 Å². The second-order valence-electron chi connectivity index (χ2n) is 3.88. The molecule has 8 heteroatoms. The van der Waals surface area contributed by atoms with Gasteiger partial charge < -0.3 is 11.1 Å². The van der Waals surface area contributed by atoms with Crippen LogP contribution in [0.1, 0.15) is 0 Å². The Morgan fingerprint density at radius 1 is 1.25 bits per heavy atom. The number of rotatable bonds is 3. The molecule has 0 heterocycles. The summed E-state index contributed by atoms with van der Waals surface area (Å²) in [5.41, 5.74) is 4.78. The molecule has 3 N–H and O–H groups in total. The standard InChI is InChI=1S/C12H8ClF2N3O2/c13-7-2-1-6(16)5-9(7)17-12-10(18(19)20)4-3-8(14)11(12)15/h1-5,17H,16H2. The molecule has 0 aliphatic rings. The maximum atomic E-state index is 13.7. The summed E-state index contributed by atoms with van der Waals surface area (Å²) in [5.74, 6) is -2.57. The van der Waals surface area contributed by atoms with Crippen molar-refractivity contribution in [3.63, 3.8) is 0 Å². The van der Waals surface area contributed by atoms with Crippen LogP contribution in [0, 0.1) is 21.7 Å². The number of hydrogen-bond acceptors (Lipinski definition) is 4. The van der Waals surface area contributed by atoms with E-state index in [0.29, 0.717) is 11.8 Å². The Bertz CT molecular complexity index is 695. The molecule has 0 spiro atoms. The van der Waals surface area contributed by atoms with Gasteiger partial charge in [0.2, 0.25) is 0 Å². The van der Waals surface area contributed by atoms with Gasteiger partial charge in [0.05, 0.1) is 15.6 Å². The highest BCUT2D eigenvalue weighted by molar-refractivity contribution is 6.33. The average molecular weight is 300 g/mol. The first-order chi connectivity index (χ1) is 9.40. The predicted molar refractivity (Wildman–Crippen MR) is 72.2 cm³/mol. The van der Waals surface area contributed by atoms with Crippen LogP contribution < -0.4 is 11.1 Å². The molecule has 0 fully saturated rings. The zero-order chi connectivity index (χ0) is 14.9. The maximum Gasteiger partial charge on any atom is 0.295 e. The molecule has 0 unspecified atom stereocenters. The highest BCUT2D eigenvalue weighted by atomic mass is 35.5. The van der Waals surface area contributed by atoms with Gasteiger partial charge in [0.25, 0.3) is 5.69 Å². The molecular weight excluding hydrogens is 292 g/mol. The number of nitrogen functional groups attached to an aromatic ring is 1. The molecule has 2 aromatic rings. The Morgan fingerprint density at radius 2 is 1.95 bits per heavy atom. The van der Waals surface area contributed by atoms with Gasteiger partial charge in [-0.3, -0.25) is 10.1 Å². The number of anilines is 3. The van der Waals surface area contributed by atoms with E-state index in [2.05, 4.69) is 5.32 Å². The van der Waals surface area contributed by atoms with Gasteiger partial charge in [-0.15, -0.1) is 0 Å². The van der Waals surface area contributed by atoms with Gasteiger partial charge in [-0.2, -0.15) is 0 Å². The molecule has 20 heavy (non-hydrogen) atoms. The van der Waals surface area contributed by atoms with E-state index in [0.717, 1.165) is 6.07 Å². The van der Waals surface area contributed by atoms with Crippen LogP contribution in [0.4, 0.5) is 31.5 Å². The molecular formula is C12H8ClF2N3O2. The van der Waals surface area contributed by atoms with Gasteiger partial charge in [-0.05, 0) is 24.3 Å². The smallest absolute Gasteiger partial charge is 0.295 e. The zero-order valence-corrected chi connectivity index (χ0v) is 10.6. The summed E-state index contributed by atoms with van der Waals surface area (Å²) in [5, 5.41) is 13.4. The van der Waals surface area contributed by atoms with Crippen molar-refractivity contribution in [2.45, 2.75) is 0 Å². The molecule has 0 saturated heterocycles. The lowest BCUT2D eigenvalue weighted by Crippen LogP contribution is -2.02. The van der Waals surface area contributed by atoms with Crippen LogP contribution in [0.25, 0.3) is 0 Å². The van der Waals surface area contributed by atoms with Crippen LogP contribution >= 0.6 is 11.6 Å². The summed E-state index contributed by atoms with van der Waals surface area (Å²) in [6.45, 7) is 0. The minimum atomic E-state index is -1.36. The fourth-order valence-corrected chi connectivity index (χ4v) is 1.75. The van der Waals surface area contributed by atoms with Crippen molar-refractivity contribution in [2.75, 3.05) is 11.1 Å². The lowest BCUT2D eigenvalue weighted by Gasteiger charge is -2.10. The molecule has 0 amide bonds. The van der Waals surface area contributed by atoms with Crippen LogP contribution in [0.5, 0.6) is 0 Å². The molecule has 0 saturated carbocycles. The molecule has 0 aliphatic heterocycles. The van der Waals surface area contributed by atoms with Crippen molar-refractivity contribution in [1.82, 2.24) is 0 Å². The van der Waals surface area contributed by atoms with E-state index in [-0.39, 0.29) is 10.7 Å². The van der Waals surface area contributed by atoms with Crippen molar-refractivity contribution >= 4 is 34.4 Å². The largest absolute Gasteiger partial charge is 0.399 e. The zero-order valence-electron chi connectivity index (χ0n) is 9.86. The topological polar surface area (TPSA) is 81.2 Å². The molecule has 0 aromatic heterocycles. The number of nitro benzene ring substituents is 1. The number of nitrogens with one attached hydrogen (secondary N) is 1. The molecule has 0 atom stereocenters. The molecule has 0 bridgehead atoms. The number of nitrogens with zero attached hydrogens (tertiary/aromatic N) is 1. The van der Waals surface area contributed by atoms with E-state index in [1.54, 1.807) is 0 Å². The van der Waals surface area contributed by atoms with Gasteiger partial charge in [0.1, 0.15) is 0 Å². The quantitative estimate of drug-likeness (QED) is 0.512. The Balaban J connectivity index is 2.55. The Labute approximate surface area is 117 Å². The van der Waals surface area contributed by atoms with E-state index < -0.39 is 27.9 Å². The third-order valence-corrected chi connectivity index (χ3v) is 2.85. The molecule has 104 valence electrons. The number of nitro groups is 1. The van der Waals surface area contributed by atoms with Gasteiger partial charge in [-0.1, -0.05) is 11.6 Å². The first kappa shape index (κ1) is 14.0. The maximum absolute atomic E-state index is 13.7. The van der Waals surface area contributed by atoms with E-state index in [4.69, 9.17) is 17.3 Å². The summed E-state index contributed by atoms with van der Waals surface area (Å²) in [7, 11) is 0. The van der Waals surface area contributed by atoms with Crippen molar-refractivity contribution in [3.8, 4) is 0 Å². The molecule has 2 rings (SSSR count). The SMILES string of the molecule is Nc1ccc(Cl)c(Nc2c([N+](=O)[O-])ccc(F)c2F)c1. The van der Waals surface area contributed by atoms with Gasteiger partial charge in [0.15, 0.2) is 17.3 Å². The summed E-state index contributed by atoms with van der Waals surface area (Å²) >= 11 is 5.87. The van der Waals surface area contributed by atoms with Gasteiger partial charge in [-0.25, -0.2) is 8.78 Å². The van der Waals surface area contributed by atoms with Crippen LogP contribution in [0.15, 0.2) is 30.3 Å². The van der Waals surface area contributed by atoms with Crippen molar-refractivity contribution in [2.24, 2.45) is 0 Å². The molecule has 2 aromatic carbocycles. The van der Waals surface area contributed by atoms with Crippen LogP contribution in [0.3, 0.4) is 0 Å². The predicted octanol–water partition coefficient (Wildman–Crippen LogP) is 3.85. The fourth-order valence-electron chi connectivity index (χ4n) is 1.58. The van der Waals surface area contributed by atoms with Crippen molar-refractivity contribution in [1.29, 1.82) is 0 Å². The van der Waals surface area contributed by atoms with E-state index in [9.17, 15) is 18.9 Å². The second kappa shape index (κ2) is 5.30.